The van der Waals surface area contributed by atoms with Crippen LogP contribution in [0.2, 0.25) is 5.02 Å². The van der Waals surface area contributed by atoms with E-state index in [1.165, 1.54) is 38.1 Å². The van der Waals surface area contributed by atoms with Crippen molar-refractivity contribution in [2.75, 3.05) is 31.5 Å². The molecule has 104 valence electrons. The van der Waals surface area contributed by atoms with Crippen LogP contribution in [0, 0.1) is 10.1 Å². The van der Waals surface area contributed by atoms with Crippen LogP contribution in [-0.2, 0) is 0 Å². The van der Waals surface area contributed by atoms with Crippen molar-refractivity contribution in [2.24, 2.45) is 0 Å². The first-order valence-corrected chi connectivity index (χ1v) is 6.95. The first kappa shape index (κ1) is 14.1. The largest absolute Gasteiger partial charge is 0.379 e. The third-order valence-corrected chi connectivity index (χ3v) is 3.56. The summed E-state index contributed by atoms with van der Waals surface area (Å²) in [6.45, 7) is 4.12. The number of nitro groups is 1. The molecule has 2 rings (SSSR count). The Bertz CT molecular complexity index is 448. The van der Waals surface area contributed by atoms with E-state index >= 15 is 0 Å². The summed E-state index contributed by atoms with van der Waals surface area (Å²) in [5, 5.41) is 14.5. The molecule has 1 aliphatic rings. The number of nitrogens with zero attached hydrogens (tertiary/aromatic N) is 2. The normalized spacial score (nSPS) is 15.6. The molecular weight excluding hydrogens is 266 g/mol. The van der Waals surface area contributed by atoms with Gasteiger partial charge >= 0.3 is 0 Å². The molecule has 1 fully saturated rings. The SMILES string of the molecule is O=[N+]([O-])c1ccc(Cl)cc1NCCCN1CCCC1. The molecule has 0 saturated carbocycles. The van der Waals surface area contributed by atoms with Crippen LogP contribution in [0.15, 0.2) is 18.2 Å². The Morgan fingerprint density at radius 3 is 2.79 bits per heavy atom. The summed E-state index contributed by atoms with van der Waals surface area (Å²) in [7, 11) is 0. The number of hydrogen-bond acceptors (Lipinski definition) is 4. The van der Waals surface area contributed by atoms with Gasteiger partial charge in [0.05, 0.1) is 4.92 Å². The van der Waals surface area contributed by atoms with E-state index in [-0.39, 0.29) is 10.6 Å². The maximum atomic E-state index is 10.9. The number of nitrogens with one attached hydrogen (secondary N) is 1. The van der Waals surface area contributed by atoms with E-state index in [2.05, 4.69) is 10.2 Å². The van der Waals surface area contributed by atoms with Crippen molar-refractivity contribution in [3.05, 3.63) is 33.3 Å². The molecule has 0 spiro atoms. The standard InChI is InChI=1S/C13H18ClN3O2/c14-11-4-5-13(17(18)19)12(10-11)15-6-3-9-16-7-1-2-8-16/h4-5,10,15H,1-3,6-9H2. The van der Waals surface area contributed by atoms with Crippen LogP contribution in [0.1, 0.15) is 19.3 Å². The fourth-order valence-corrected chi connectivity index (χ4v) is 2.51. The topological polar surface area (TPSA) is 58.4 Å². The lowest BCUT2D eigenvalue weighted by Gasteiger charge is -2.14. The van der Waals surface area contributed by atoms with Gasteiger partial charge in [-0.3, -0.25) is 10.1 Å². The van der Waals surface area contributed by atoms with E-state index in [4.69, 9.17) is 11.6 Å². The average Bonchev–Trinajstić information content (AvgIpc) is 2.87. The summed E-state index contributed by atoms with van der Waals surface area (Å²) < 4.78 is 0. The maximum absolute atomic E-state index is 10.9. The average molecular weight is 284 g/mol. The molecule has 0 aliphatic carbocycles. The molecule has 0 bridgehead atoms. The molecule has 0 aromatic heterocycles. The van der Waals surface area contributed by atoms with Gasteiger partial charge in [0.25, 0.3) is 5.69 Å². The van der Waals surface area contributed by atoms with Crippen molar-refractivity contribution in [2.45, 2.75) is 19.3 Å². The first-order chi connectivity index (χ1) is 9.16. The summed E-state index contributed by atoms with van der Waals surface area (Å²) in [5.41, 5.74) is 0.574. The zero-order valence-electron chi connectivity index (χ0n) is 10.8. The number of halogens is 1. The number of hydrogen-bond donors (Lipinski definition) is 1. The van der Waals surface area contributed by atoms with Gasteiger partial charge in [-0.2, -0.15) is 0 Å². The quantitative estimate of drug-likeness (QED) is 0.495. The van der Waals surface area contributed by atoms with Gasteiger partial charge in [-0.05, 0) is 51.0 Å². The van der Waals surface area contributed by atoms with Crippen molar-refractivity contribution in [3.8, 4) is 0 Å². The summed E-state index contributed by atoms with van der Waals surface area (Å²) in [5.74, 6) is 0. The van der Waals surface area contributed by atoms with Crippen LogP contribution in [0.3, 0.4) is 0 Å². The lowest BCUT2D eigenvalue weighted by atomic mass is 10.2. The van der Waals surface area contributed by atoms with Gasteiger partial charge in [0.2, 0.25) is 0 Å². The molecular formula is C13H18ClN3O2. The fourth-order valence-electron chi connectivity index (χ4n) is 2.34. The maximum Gasteiger partial charge on any atom is 0.292 e. The van der Waals surface area contributed by atoms with Crippen LogP contribution in [0.5, 0.6) is 0 Å². The number of rotatable bonds is 6. The Hall–Kier alpha value is -1.33. The van der Waals surface area contributed by atoms with Crippen molar-refractivity contribution >= 4 is 23.0 Å². The lowest BCUT2D eigenvalue weighted by molar-refractivity contribution is -0.384. The van der Waals surface area contributed by atoms with E-state index in [0.717, 1.165) is 19.5 Å². The molecule has 19 heavy (non-hydrogen) atoms. The molecule has 1 heterocycles. The van der Waals surface area contributed by atoms with Gasteiger partial charge in [0.1, 0.15) is 5.69 Å². The van der Waals surface area contributed by atoms with Gasteiger partial charge in [-0.1, -0.05) is 11.6 Å². The predicted molar refractivity (Wildman–Crippen MR) is 76.9 cm³/mol. The molecule has 1 aromatic carbocycles. The summed E-state index contributed by atoms with van der Waals surface area (Å²) in [6, 6.07) is 4.58. The Morgan fingerprint density at radius 2 is 2.11 bits per heavy atom. The minimum absolute atomic E-state index is 0.0746. The summed E-state index contributed by atoms with van der Waals surface area (Å²) in [6.07, 6.45) is 3.55. The molecule has 0 radical (unpaired) electrons. The minimum Gasteiger partial charge on any atom is -0.379 e. The zero-order chi connectivity index (χ0) is 13.7. The predicted octanol–water partition coefficient (Wildman–Crippen LogP) is 3.15. The van der Waals surface area contributed by atoms with E-state index in [1.807, 2.05) is 0 Å². The molecule has 0 unspecified atom stereocenters. The highest BCUT2D eigenvalue weighted by atomic mass is 35.5. The lowest BCUT2D eigenvalue weighted by Crippen LogP contribution is -2.22. The van der Waals surface area contributed by atoms with Crippen LogP contribution >= 0.6 is 11.6 Å². The Balaban J connectivity index is 1.84. The minimum atomic E-state index is -0.390. The second-order valence-electron chi connectivity index (χ2n) is 4.75. The molecule has 0 atom stereocenters. The molecule has 1 aromatic rings. The monoisotopic (exact) mass is 283 g/mol. The molecule has 0 amide bonds. The van der Waals surface area contributed by atoms with E-state index < -0.39 is 0 Å². The van der Waals surface area contributed by atoms with Crippen LogP contribution < -0.4 is 5.32 Å². The number of benzene rings is 1. The number of nitro benzene ring substituents is 1. The molecule has 5 nitrogen and oxygen atoms in total. The Morgan fingerprint density at radius 1 is 1.37 bits per heavy atom. The summed E-state index contributed by atoms with van der Waals surface area (Å²) >= 11 is 5.87. The second kappa shape index (κ2) is 6.73. The smallest absolute Gasteiger partial charge is 0.292 e. The third kappa shape index (κ3) is 4.08. The highest BCUT2D eigenvalue weighted by molar-refractivity contribution is 6.31. The molecule has 1 saturated heterocycles. The van der Waals surface area contributed by atoms with Gasteiger partial charge in [0.15, 0.2) is 0 Å². The fraction of sp³-hybridized carbons (Fsp3) is 0.538. The van der Waals surface area contributed by atoms with Crippen LogP contribution in [0.25, 0.3) is 0 Å². The van der Waals surface area contributed by atoms with E-state index in [9.17, 15) is 10.1 Å². The van der Waals surface area contributed by atoms with Crippen molar-refractivity contribution in [1.82, 2.24) is 4.90 Å². The zero-order valence-corrected chi connectivity index (χ0v) is 11.5. The van der Waals surface area contributed by atoms with Crippen molar-refractivity contribution in [3.63, 3.8) is 0 Å². The number of likely N-dealkylation sites (tertiary alicyclic amines) is 1. The number of anilines is 1. The first-order valence-electron chi connectivity index (χ1n) is 6.57. The van der Waals surface area contributed by atoms with E-state index in [1.54, 1.807) is 6.07 Å². The van der Waals surface area contributed by atoms with Crippen molar-refractivity contribution < 1.29 is 4.92 Å². The highest BCUT2D eigenvalue weighted by Gasteiger charge is 2.14. The van der Waals surface area contributed by atoms with Crippen LogP contribution in [-0.4, -0.2) is 36.0 Å². The Labute approximate surface area is 117 Å². The van der Waals surface area contributed by atoms with Gasteiger partial charge in [0, 0.05) is 17.6 Å². The van der Waals surface area contributed by atoms with Gasteiger partial charge in [-0.15, -0.1) is 0 Å². The summed E-state index contributed by atoms with van der Waals surface area (Å²) in [4.78, 5) is 12.9. The molecule has 6 heteroatoms. The van der Waals surface area contributed by atoms with E-state index in [0.29, 0.717) is 10.7 Å². The van der Waals surface area contributed by atoms with Gasteiger partial charge in [-0.25, -0.2) is 0 Å². The van der Waals surface area contributed by atoms with Crippen LogP contribution in [0.4, 0.5) is 11.4 Å². The highest BCUT2D eigenvalue weighted by Crippen LogP contribution is 2.27. The third-order valence-electron chi connectivity index (χ3n) is 3.32. The van der Waals surface area contributed by atoms with Crippen molar-refractivity contribution in [1.29, 1.82) is 0 Å². The molecule has 1 N–H and O–H groups in total. The molecule has 1 aliphatic heterocycles. The Kier molecular flexibility index (Phi) is 4.99. The van der Waals surface area contributed by atoms with Gasteiger partial charge < -0.3 is 10.2 Å². The second-order valence-corrected chi connectivity index (χ2v) is 5.18.